The molecule has 0 aliphatic carbocycles. The summed E-state index contributed by atoms with van der Waals surface area (Å²) in [5, 5.41) is 0. The molecule has 2 atom stereocenters. The van der Waals surface area contributed by atoms with E-state index in [1.54, 1.807) is 0 Å². The van der Waals surface area contributed by atoms with Gasteiger partial charge >= 0.3 is 0 Å². The van der Waals surface area contributed by atoms with Crippen LogP contribution in [0, 0.1) is 6.42 Å². The molecule has 0 saturated carbocycles. The molecule has 1 aliphatic heterocycles. The zero-order valence-electron chi connectivity index (χ0n) is 14.6. The highest BCUT2D eigenvalue weighted by Gasteiger charge is 2.22. The standard InChI is InChI=1S/C19H38OS/c1-3-5-6-7-8-9-10-11-17-21(16-4-2)18-14-19-13-12-15-20-19/h4,19H,3,5-18H2,1-2H3/q+1. The number of ether oxygens (including phenoxy) is 1. The summed E-state index contributed by atoms with van der Waals surface area (Å²) in [4.78, 5) is 0. The molecule has 125 valence electrons. The molecule has 21 heavy (non-hydrogen) atoms. The summed E-state index contributed by atoms with van der Waals surface area (Å²) in [6.07, 6.45) is 18.4. The Bertz CT molecular complexity index is 214. The summed E-state index contributed by atoms with van der Waals surface area (Å²) in [7, 11) is 0.634. The molecule has 1 fully saturated rings. The molecule has 1 nitrogen and oxygen atoms in total. The number of hydrogen-bond acceptors (Lipinski definition) is 1. The number of rotatable bonds is 14. The fourth-order valence-electron chi connectivity index (χ4n) is 3.11. The van der Waals surface area contributed by atoms with Gasteiger partial charge in [-0.3, -0.25) is 0 Å². The van der Waals surface area contributed by atoms with E-state index >= 15 is 0 Å². The third-order valence-corrected chi connectivity index (χ3v) is 6.93. The van der Waals surface area contributed by atoms with Gasteiger partial charge < -0.3 is 4.74 Å². The van der Waals surface area contributed by atoms with E-state index in [0.717, 1.165) is 6.61 Å². The van der Waals surface area contributed by atoms with Crippen LogP contribution in [0.25, 0.3) is 0 Å². The fourth-order valence-corrected chi connectivity index (χ4v) is 5.33. The van der Waals surface area contributed by atoms with Crippen molar-refractivity contribution < 1.29 is 4.74 Å². The highest BCUT2D eigenvalue weighted by molar-refractivity contribution is 7.96. The van der Waals surface area contributed by atoms with Crippen LogP contribution in [0.5, 0.6) is 0 Å². The molecule has 1 rings (SSSR count). The zero-order chi connectivity index (χ0) is 15.2. The average molecular weight is 315 g/mol. The molecule has 0 aromatic rings. The van der Waals surface area contributed by atoms with Gasteiger partial charge in [0.05, 0.1) is 6.10 Å². The van der Waals surface area contributed by atoms with Gasteiger partial charge in [0.1, 0.15) is 17.3 Å². The molecule has 2 heteroatoms. The minimum atomic E-state index is 0.593. The van der Waals surface area contributed by atoms with E-state index in [1.807, 2.05) is 0 Å². The molecule has 0 aromatic carbocycles. The van der Waals surface area contributed by atoms with Gasteiger partial charge in [0.15, 0.2) is 0 Å². The van der Waals surface area contributed by atoms with Crippen molar-refractivity contribution >= 4 is 10.9 Å². The van der Waals surface area contributed by atoms with Crippen molar-refractivity contribution in [1.29, 1.82) is 0 Å². The van der Waals surface area contributed by atoms with Crippen molar-refractivity contribution in [1.82, 2.24) is 0 Å². The van der Waals surface area contributed by atoms with E-state index in [9.17, 15) is 0 Å². The lowest BCUT2D eigenvalue weighted by molar-refractivity contribution is 0.109. The van der Waals surface area contributed by atoms with Gasteiger partial charge in [-0.15, -0.1) is 0 Å². The normalized spacial score (nSPS) is 20.0. The maximum Gasteiger partial charge on any atom is 0.111 e. The summed E-state index contributed by atoms with van der Waals surface area (Å²) in [6, 6.07) is 0. The molecule has 1 radical (unpaired) electrons. The van der Waals surface area contributed by atoms with E-state index in [4.69, 9.17) is 4.74 Å². The molecule has 0 aromatic heterocycles. The van der Waals surface area contributed by atoms with E-state index in [2.05, 4.69) is 20.3 Å². The Kier molecular flexibility index (Phi) is 12.8. The van der Waals surface area contributed by atoms with E-state index in [1.165, 1.54) is 87.9 Å². The van der Waals surface area contributed by atoms with Crippen molar-refractivity contribution in [3.8, 4) is 0 Å². The Labute approximate surface area is 137 Å². The smallest absolute Gasteiger partial charge is 0.111 e. The lowest BCUT2D eigenvalue weighted by Crippen LogP contribution is -2.20. The first-order valence-corrected chi connectivity index (χ1v) is 11.1. The Hall–Kier alpha value is 0.310. The molecular formula is C19H38OS+. The third kappa shape index (κ3) is 10.6. The van der Waals surface area contributed by atoms with Crippen molar-refractivity contribution in [3.63, 3.8) is 0 Å². The summed E-state index contributed by atoms with van der Waals surface area (Å²) >= 11 is 0. The molecule has 0 bridgehead atoms. The molecule has 1 saturated heterocycles. The van der Waals surface area contributed by atoms with E-state index in [-0.39, 0.29) is 0 Å². The van der Waals surface area contributed by atoms with Crippen LogP contribution in [0.2, 0.25) is 0 Å². The predicted octanol–water partition coefficient (Wildman–Crippen LogP) is 5.54. The maximum absolute atomic E-state index is 5.77. The Morgan fingerprint density at radius 1 is 1.00 bits per heavy atom. The summed E-state index contributed by atoms with van der Waals surface area (Å²) < 4.78 is 5.77. The number of unbranched alkanes of at least 4 members (excludes halogenated alkanes) is 7. The van der Waals surface area contributed by atoms with Crippen LogP contribution in [0.1, 0.15) is 84.5 Å². The second-order valence-corrected chi connectivity index (χ2v) is 8.87. The minimum absolute atomic E-state index is 0.593. The second-order valence-electron chi connectivity index (χ2n) is 6.49. The Morgan fingerprint density at radius 2 is 1.71 bits per heavy atom. The van der Waals surface area contributed by atoms with Crippen LogP contribution >= 0.6 is 0 Å². The molecule has 2 unspecified atom stereocenters. The van der Waals surface area contributed by atoms with Crippen LogP contribution in [0.15, 0.2) is 0 Å². The van der Waals surface area contributed by atoms with Gasteiger partial charge in [-0.25, -0.2) is 0 Å². The van der Waals surface area contributed by atoms with E-state index in [0.29, 0.717) is 17.0 Å². The lowest BCUT2D eigenvalue weighted by atomic mass is 10.1. The van der Waals surface area contributed by atoms with Gasteiger partial charge in [-0.1, -0.05) is 52.4 Å². The lowest BCUT2D eigenvalue weighted by Gasteiger charge is -2.11. The molecule has 1 heterocycles. The molecule has 0 spiro atoms. The third-order valence-electron chi connectivity index (χ3n) is 4.44. The number of hydrogen-bond donors (Lipinski definition) is 0. The van der Waals surface area contributed by atoms with Crippen molar-refractivity contribution in [2.24, 2.45) is 0 Å². The van der Waals surface area contributed by atoms with E-state index < -0.39 is 0 Å². The fraction of sp³-hybridized carbons (Fsp3) is 0.947. The highest BCUT2D eigenvalue weighted by atomic mass is 32.2. The highest BCUT2D eigenvalue weighted by Crippen LogP contribution is 2.18. The minimum Gasteiger partial charge on any atom is -0.378 e. The van der Waals surface area contributed by atoms with Crippen molar-refractivity contribution in [2.75, 3.05) is 23.9 Å². The van der Waals surface area contributed by atoms with Gasteiger partial charge in [0.25, 0.3) is 0 Å². The van der Waals surface area contributed by atoms with Gasteiger partial charge in [-0.05, 0) is 36.6 Å². The molecular weight excluding hydrogens is 276 g/mol. The van der Waals surface area contributed by atoms with Gasteiger partial charge in [0, 0.05) is 19.4 Å². The summed E-state index contributed by atoms with van der Waals surface area (Å²) in [5.74, 6) is 4.21. The SMILES string of the molecule is C[CH]C[S+](CCCCCCCCCC)CCC1CCCO1. The van der Waals surface area contributed by atoms with Gasteiger partial charge in [0.2, 0.25) is 0 Å². The Balaban J connectivity index is 1.96. The largest absolute Gasteiger partial charge is 0.378 e. The van der Waals surface area contributed by atoms with Gasteiger partial charge in [-0.2, -0.15) is 0 Å². The quantitative estimate of drug-likeness (QED) is 0.302. The van der Waals surface area contributed by atoms with Crippen LogP contribution in [0.3, 0.4) is 0 Å². The monoisotopic (exact) mass is 314 g/mol. The molecule has 0 amide bonds. The Morgan fingerprint density at radius 3 is 2.33 bits per heavy atom. The van der Waals surface area contributed by atoms with Crippen LogP contribution in [-0.2, 0) is 15.6 Å². The van der Waals surface area contributed by atoms with Crippen LogP contribution in [0.4, 0.5) is 0 Å². The second kappa shape index (κ2) is 13.9. The first kappa shape index (κ1) is 19.4. The zero-order valence-corrected chi connectivity index (χ0v) is 15.4. The summed E-state index contributed by atoms with van der Waals surface area (Å²) in [6.45, 7) is 5.53. The average Bonchev–Trinajstić information content (AvgIpc) is 3.00. The first-order valence-electron chi connectivity index (χ1n) is 9.40. The molecule has 1 aliphatic rings. The van der Waals surface area contributed by atoms with Crippen molar-refractivity contribution in [2.45, 2.75) is 90.6 Å². The predicted molar refractivity (Wildman–Crippen MR) is 98.1 cm³/mol. The summed E-state index contributed by atoms with van der Waals surface area (Å²) in [5.41, 5.74) is 0. The maximum atomic E-state index is 5.77. The topological polar surface area (TPSA) is 9.23 Å². The van der Waals surface area contributed by atoms with Crippen LogP contribution < -0.4 is 0 Å². The first-order chi connectivity index (χ1) is 10.4. The molecule has 0 N–H and O–H groups in total. The van der Waals surface area contributed by atoms with Crippen LogP contribution in [-0.4, -0.2) is 30.0 Å². The van der Waals surface area contributed by atoms with Crippen molar-refractivity contribution in [3.05, 3.63) is 6.42 Å².